The van der Waals surface area contributed by atoms with E-state index in [4.69, 9.17) is 0 Å². The first-order valence-electron chi connectivity index (χ1n) is 5.92. The van der Waals surface area contributed by atoms with Gasteiger partial charge in [0.2, 0.25) is 0 Å². The molecule has 0 spiro atoms. The van der Waals surface area contributed by atoms with Crippen molar-refractivity contribution in [3.05, 3.63) is 68.1 Å². The van der Waals surface area contributed by atoms with Crippen LogP contribution in [0.25, 0.3) is 0 Å². The Labute approximate surface area is 134 Å². The highest BCUT2D eigenvalue weighted by molar-refractivity contribution is 9.11. The van der Waals surface area contributed by atoms with Crippen LogP contribution in [-0.2, 0) is 0 Å². The van der Waals surface area contributed by atoms with Gasteiger partial charge in [-0.15, -0.1) is 0 Å². The Bertz CT molecular complexity index is 631. The van der Waals surface area contributed by atoms with E-state index in [1.807, 2.05) is 37.3 Å². The number of rotatable bonds is 3. The highest BCUT2D eigenvalue weighted by Gasteiger charge is 2.03. The number of nitrogens with zero attached hydrogens (tertiary/aromatic N) is 1. The zero-order chi connectivity index (χ0) is 14.5. The second-order valence-corrected chi connectivity index (χ2v) is 5.88. The zero-order valence-corrected chi connectivity index (χ0v) is 13.9. The van der Waals surface area contributed by atoms with Crippen molar-refractivity contribution in [3.63, 3.8) is 0 Å². The average Bonchev–Trinajstić information content (AvgIpc) is 2.45. The Hall–Kier alpha value is -1.46. The maximum atomic E-state index is 11.8. The van der Waals surface area contributed by atoms with Crippen LogP contribution >= 0.6 is 31.9 Å². The normalized spacial score (nSPS) is 10.8. The maximum Gasteiger partial charge on any atom is 0.271 e. The molecule has 0 fully saturated rings. The second-order valence-electron chi connectivity index (χ2n) is 4.17. The van der Waals surface area contributed by atoms with Crippen LogP contribution < -0.4 is 5.43 Å². The maximum absolute atomic E-state index is 11.8. The molecule has 0 saturated carbocycles. The molecular weight excluding hydrogens is 384 g/mol. The van der Waals surface area contributed by atoms with Gasteiger partial charge in [0.25, 0.3) is 5.91 Å². The van der Waals surface area contributed by atoms with Gasteiger partial charge < -0.3 is 0 Å². The summed E-state index contributed by atoms with van der Waals surface area (Å²) >= 11 is 6.95. The van der Waals surface area contributed by atoms with Gasteiger partial charge in [-0.3, -0.25) is 4.79 Å². The van der Waals surface area contributed by atoms with Gasteiger partial charge in [-0.05, 0) is 42.3 Å². The summed E-state index contributed by atoms with van der Waals surface area (Å²) in [6.07, 6.45) is 1.61. The van der Waals surface area contributed by atoms with Crippen molar-refractivity contribution >= 4 is 44.0 Å². The minimum Gasteiger partial charge on any atom is -0.267 e. The van der Waals surface area contributed by atoms with Crippen LogP contribution in [0.15, 0.2) is 56.5 Å². The zero-order valence-electron chi connectivity index (χ0n) is 10.7. The first-order valence-corrected chi connectivity index (χ1v) is 7.50. The SMILES string of the molecule is Cc1c(Br)cc(/C=N/NC(=O)c2ccccc2)cc1Br. The molecule has 5 heteroatoms. The van der Waals surface area contributed by atoms with E-state index in [9.17, 15) is 4.79 Å². The van der Waals surface area contributed by atoms with Crippen LogP contribution in [-0.4, -0.2) is 12.1 Å². The molecule has 0 saturated heterocycles. The van der Waals surface area contributed by atoms with Crippen molar-refractivity contribution in [3.8, 4) is 0 Å². The molecule has 20 heavy (non-hydrogen) atoms. The van der Waals surface area contributed by atoms with Crippen molar-refractivity contribution in [2.24, 2.45) is 5.10 Å². The van der Waals surface area contributed by atoms with Gasteiger partial charge >= 0.3 is 0 Å². The third kappa shape index (κ3) is 3.77. The Balaban J connectivity index is 2.06. The molecule has 0 aromatic heterocycles. The Morgan fingerprint density at radius 3 is 2.35 bits per heavy atom. The lowest BCUT2D eigenvalue weighted by Gasteiger charge is -2.03. The van der Waals surface area contributed by atoms with E-state index in [0.717, 1.165) is 20.1 Å². The molecule has 102 valence electrons. The smallest absolute Gasteiger partial charge is 0.267 e. The lowest BCUT2D eigenvalue weighted by Crippen LogP contribution is -2.17. The van der Waals surface area contributed by atoms with Crippen LogP contribution in [0.4, 0.5) is 0 Å². The van der Waals surface area contributed by atoms with Gasteiger partial charge in [0.15, 0.2) is 0 Å². The summed E-state index contributed by atoms with van der Waals surface area (Å²) in [4.78, 5) is 11.8. The lowest BCUT2D eigenvalue weighted by molar-refractivity contribution is 0.0955. The Morgan fingerprint density at radius 1 is 1.15 bits per heavy atom. The van der Waals surface area contributed by atoms with Crippen molar-refractivity contribution < 1.29 is 4.79 Å². The van der Waals surface area contributed by atoms with E-state index >= 15 is 0 Å². The summed E-state index contributed by atoms with van der Waals surface area (Å²) in [7, 11) is 0. The number of carbonyl (C=O) groups excluding carboxylic acids is 1. The number of benzene rings is 2. The molecule has 1 amide bonds. The molecule has 0 atom stereocenters. The molecule has 2 aromatic rings. The number of nitrogens with one attached hydrogen (secondary N) is 1. The lowest BCUT2D eigenvalue weighted by atomic mass is 10.2. The fraction of sp³-hybridized carbons (Fsp3) is 0.0667. The Morgan fingerprint density at radius 2 is 1.75 bits per heavy atom. The molecule has 0 unspecified atom stereocenters. The standard InChI is InChI=1S/C15H12Br2N2O/c1-10-13(16)7-11(8-14(10)17)9-18-19-15(20)12-5-3-2-4-6-12/h2-9H,1H3,(H,19,20)/b18-9+. The van der Waals surface area contributed by atoms with Crippen LogP contribution in [0.1, 0.15) is 21.5 Å². The van der Waals surface area contributed by atoms with E-state index in [0.29, 0.717) is 5.56 Å². The molecule has 0 bridgehead atoms. The number of halogens is 2. The van der Waals surface area contributed by atoms with Gasteiger partial charge in [0.05, 0.1) is 6.21 Å². The fourth-order valence-electron chi connectivity index (χ4n) is 1.56. The molecule has 0 aliphatic rings. The first kappa shape index (κ1) is 14.9. The first-order chi connectivity index (χ1) is 9.58. The van der Waals surface area contributed by atoms with E-state index in [1.54, 1.807) is 18.3 Å². The summed E-state index contributed by atoms with van der Waals surface area (Å²) in [5, 5.41) is 3.96. The summed E-state index contributed by atoms with van der Waals surface area (Å²) in [5.41, 5.74) is 5.09. The average molecular weight is 396 g/mol. The molecule has 0 aliphatic heterocycles. The van der Waals surface area contributed by atoms with Gasteiger partial charge in [-0.1, -0.05) is 50.1 Å². The number of amides is 1. The van der Waals surface area contributed by atoms with Crippen LogP contribution in [0.5, 0.6) is 0 Å². The topological polar surface area (TPSA) is 41.5 Å². The van der Waals surface area contributed by atoms with Crippen LogP contribution in [0, 0.1) is 6.92 Å². The van der Waals surface area contributed by atoms with Gasteiger partial charge in [-0.25, -0.2) is 5.43 Å². The number of hydrogen-bond acceptors (Lipinski definition) is 2. The van der Waals surface area contributed by atoms with Gasteiger partial charge in [0.1, 0.15) is 0 Å². The monoisotopic (exact) mass is 394 g/mol. The van der Waals surface area contributed by atoms with Crippen molar-refractivity contribution in [2.75, 3.05) is 0 Å². The second kappa shape index (κ2) is 6.81. The summed E-state index contributed by atoms with van der Waals surface area (Å²) in [5.74, 6) is -0.230. The number of carbonyl (C=O) groups is 1. The Kier molecular flexibility index (Phi) is 5.09. The third-order valence-electron chi connectivity index (χ3n) is 2.72. The van der Waals surface area contributed by atoms with Crippen molar-refractivity contribution in [1.82, 2.24) is 5.43 Å². The highest BCUT2D eigenvalue weighted by atomic mass is 79.9. The molecule has 0 radical (unpaired) electrons. The number of hydrogen-bond donors (Lipinski definition) is 1. The molecule has 0 aliphatic carbocycles. The summed E-state index contributed by atoms with van der Waals surface area (Å²) in [6.45, 7) is 2.01. The molecule has 0 heterocycles. The van der Waals surface area contributed by atoms with E-state index in [-0.39, 0.29) is 5.91 Å². The van der Waals surface area contributed by atoms with E-state index in [2.05, 4.69) is 42.4 Å². The summed E-state index contributed by atoms with van der Waals surface area (Å²) < 4.78 is 1.98. The minimum atomic E-state index is -0.230. The molecule has 2 rings (SSSR count). The van der Waals surface area contributed by atoms with Gasteiger partial charge in [0, 0.05) is 14.5 Å². The largest absolute Gasteiger partial charge is 0.271 e. The molecule has 2 aromatic carbocycles. The van der Waals surface area contributed by atoms with Crippen LogP contribution in [0.2, 0.25) is 0 Å². The van der Waals surface area contributed by atoms with Crippen LogP contribution in [0.3, 0.4) is 0 Å². The minimum absolute atomic E-state index is 0.230. The van der Waals surface area contributed by atoms with E-state index in [1.165, 1.54) is 0 Å². The molecule has 3 nitrogen and oxygen atoms in total. The summed E-state index contributed by atoms with van der Waals surface area (Å²) in [6, 6.07) is 12.9. The van der Waals surface area contributed by atoms with Gasteiger partial charge in [-0.2, -0.15) is 5.10 Å². The molecular formula is C15H12Br2N2O. The third-order valence-corrected chi connectivity index (χ3v) is 4.37. The van der Waals surface area contributed by atoms with E-state index < -0.39 is 0 Å². The fourth-order valence-corrected chi connectivity index (χ4v) is 2.78. The van der Waals surface area contributed by atoms with Crippen molar-refractivity contribution in [2.45, 2.75) is 6.92 Å². The molecule has 1 N–H and O–H groups in total. The van der Waals surface area contributed by atoms with Crippen molar-refractivity contribution in [1.29, 1.82) is 0 Å². The number of hydrazone groups is 1. The predicted molar refractivity (Wildman–Crippen MR) is 88.1 cm³/mol. The predicted octanol–water partition coefficient (Wildman–Crippen LogP) is 4.28. The quantitative estimate of drug-likeness (QED) is 0.611. The highest BCUT2D eigenvalue weighted by Crippen LogP contribution is 2.25.